The molecule has 0 aliphatic rings. The highest BCUT2D eigenvalue weighted by Crippen LogP contribution is 2.37. The van der Waals surface area contributed by atoms with Crippen LogP contribution in [0.15, 0.2) is 213 Å². The zero-order valence-electron chi connectivity index (χ0n) is 32.3. The highest BCUT2D eigenvalue weighted by Gasteiger charge is 2.19. The Morgan fingerprint density at radius 3 is 1.32 bits per heavy atom. The normalized spacial score (nSPS) is 11.0. The van der Waals surface area contributed by atoms with Crippen LogP contribution in [0.4, 0.5) is 0 Å². The van der Waals surface area contributed by atoms with Crippen molar-refractivity contribution < 1.29 is 0 Å². The molecule has 0 saturated carbocycles. The second-order valence-electron chi connectivity index (χ2n) is 14.2. The van der Waals surface area contributed by atoms with Gasteiger partial charge in [0.05, 0.1) is 45.6 Å². The molecular formula is C53H35N7. The van der Waals surface area contributed by atoms with Gasteiger partial charge in [-0.15, -0.1) is 0 Å². The lowest BCUT2D eigenvalue weighted by Gasteiger charge is -2.14. The molecule has 7 heteroatoms. The first-order valence-corrected chi connectivity index (χ1v) is 19.7. The van der Waals surface area contributed by atoms with Crippen LogP contribution in [0.3, 0.4) is 0 Å². The van der Waals surface area contributed by atoms with Gasteiger partial charge in [0.2, 0.25) is 0 Å². The van der Waals surface area contributed by atoms with Crippen molar-refractivity contribution in [1.82, 2.24) is 34.9 Å². The zero-order chi connectivity index (χ0) is 40.1. The fourth-order valence-corrected chi connectivity index (χ4v) is 7.27. The third-order valence-corrected chi connectivity index (χ3v) is 10.2. The Bertz CT molecular complexity index is 2950. The Kier molecular flexibility index (Phi) is 9.79. The number of hydrogen-bond donors (Lipinski definition) is 0. The summed E-state index contributed by atoms with van der Waals surface area (Å²) in [5.74, 6) is 1.26. The number of benzene rings is 5. The third-order valence-electron chi connectivity index (χ3n) is 10.2. The number of pyridine rings is 3. The zero-order valence-corrected chi connectivity index (χ0v) is 32.3. The molecule has 0 amide bonds. The summed E-state index contributed by atoms with van der Waals surface area (Å²) in [5, 5.41) is 0. The average molecular weight is 770 g/mol. The van der Waals surface area contributed by atoms with E-state index < -0.39 is 0 Å². The molecule has 0 fully saturated rings. The van der Waals surface area contributed by atoms with Gasteiger partial charge in [-0.3, -0.25) is 9.97 Å². The van der Waals surface area contributed by atoms with Crippen LogP contribution < -0.4 is 0 Å². The molecule has 60 heavy (non-hydrogen) atoms. The van der Waals surface area contributed by atoms with Crippen LogP contribution in [0.2, 0.25) is 0 Å². The minimum atomic E-state index is 0.628. The van der Waals surface area contributed by atoms with Crippen LogP contribution in [0.25, 0.3) is 102 Å². The minimum absolute atomic E-state index is 0.628. The van der Waals surface area contributed by atoms with Crippen LogP contribution in [-0.4, -0.2) is 34.9 Å². The molecule has 0 bridgehead atoms. The van der Waals surface area contributed by atoms with E-state index in [-0.39, 0.29) is 0 Å². The van der Waals surface area contributed by atoms with Crippen molar-refractivity contribution in [2.75, 3.05) is 0 Å². The molecule has 5 aromatic carbocycles. The maximum Gasteiger partial charge on any atom is 0.160 e. The fourth-order valence-electron chi connectivity index (χ4n) is 7.27. The van der Waals surface area contributed by atoms with Crippen molar-refractivity contribution in [1.29, 1.82) is 0 Å². The molecule has 0 aliphatic heterocycles. The molecular weight excluding hydrogens is 735 g/mol. The molecule has 0 unspecified atom stereocenters. The lowest BCUT2D eigenvalue weighted by atomic mass is 9.98. The number of rotatable bonds is 9. The molecule has 10 aromatic rings. The molecule has 0 atom stereocenters. The van der Waals surface area contributed by atoms with Crippen LogP contribution in [0.5, 0.6) is 0 Å². The molecule has 0 radical (unpaired) electrons. The van der Waals surface area contributed by atoms with Crippen molar-refractivity contribution in [2.24, 2.45) is 0 Å². The summed E-state index contributed by atoms with van der Waals surface area (Å²) in [6.07, 6.45) is 3.59. The largest absolute Gasteiger partial charge is 0.255 e. The van der Waals surface area contributed by atoms with Crippen LogP contribution in [-0.2, 0) is 0 Å². The van der Waals surface area contributed by atoms with Gasteiger partial charge >= 0.3 is 0 Å². The number of nitrogens with zero attached hydrogens (tertiary/aromatic N) is 7. The Hall–Kier alpha value is -8.29. The Balaban J connectivity index is 1.13. The Morgan fingerprint density at radius 1 is 0.233 bits per heavy atom. The summed E-state index contributed by atoms with van der Waals surface area (Å²) < 4.78 is 0. The Labute approximate surface area is 347 Å². The molecule has 282 valence electrons. The fraction of sp³-hybridized carbons (Fsp3) is 0. The van der Waals surface area contributed by atoms with Gasteiger partial charge in [0.25, 0.3) is 0 Å². The minimum Gasteiger partial charge on any atom is -0.255 e. The predicted molar refractivity (Wildman–Crippen MR) is 240 cm³/mol. The smallest absolute Gasteiger partial charge is 0.160 e. The molecule has 10 rings (SSSR count). The van der Waals surface area contributed by atoms with E-state index in [1.807, 2.05) is 121 Å². The average Bonchev–Trinajstić information content (AvgIpc) is 3.35. The topological polar surface area (TPSA) is 90.2 Å². The molecule has 7 nitrogen and oxygen atoms in total. The molecule has 0 spiro atoms. The first-order chi connectivity index (χ1) is 29.7. The standard InChI is InChI=1S/C53H35N7/c1-5-17-36(18-6-1)45-34-46(37-19-7-2-8-20-37)59-53(58-45)41-26-15-25-40(31-41)42-32-49(44-28-13-14-29-54-44)56-50(33-42)51-43(27-16-30-55-51)48-35-47(38-21-9-3-10-22-38)57-52(60-48)39-23-11-4-12-24-39/h1-35H. The van der Waals surface area contributed by atoms with Crippen LogP contribution in [0.1, 0.15) is 0 Å². The summed E-state index contributed by atoms with van der Waals surface area (Å²) in [5.41, 5.74) is 13.7. The summed E-state index contributed by atoms with van der Waals surface area (Å²) in [4.78, 5) is 35.3. The second-order valence-corrected chi connectivity index (χ2v) is 14.2. The van der Waals surface area contributed by atoms with E-state index in [1.165, 1.54) is 0 Å². The molecule has 5 heterocycles. The van der Waals surface area contributed by atoms with Gasteiger partial charge in [-0.2, -0.15) is 0 Å². The number of aromatic nitrogens is 7. The first kappa shape index (κ1) is 36.1. The van der Waals surface area contributed by atoms with Gasteiger partial charge in [0.15, 0.2) is 11.6 Å². The summed E-state index contributed by atoms with van der Waals surface area (Å²) in [7, 11) is 0. The van der Waals surface area contributed by atoms with Crippen molar-refractivity contribution in [2.45, 2.75) is 0 Å². The quantitative estimate of drug-likeness (QED) is 0.144. The van der Waals surface area contributed by atoms with Gasteiger partial charge in [-0.25, -0.2) is 24.9 Å². The van der Waals surface area contributed by atoms with Gasteiger partial charge in [-0.05, 0) is 65.7 Å². The van der Waals surface area contributed by atoms with E-state index in [0.717, 1.165) is 78.7 Å². The highest BCUT2D eigenvalue weighted by atomic mass is 14.9. The third kappa shape index (κ3) is 7.58. The van der Waals surface area contributed by atoms with Gasteiger partial charge in [0, 0.05) is 45.8 Å². The number of hydrogen-bond acceptors (Lipinski definition) is 7. The lowest BCUT2D eigenvalue weighted by molar-refractivity contribution is 1.17. The van der Waals surface area contributed by atoms with E-state index >= 15 is 0 Å². The molecule has 0 N–H and O–H groups in total. The van der Waals surface area contributed by atoms with Gasteiger partial charge in [-0.1, -0.05) is 146 Å². The summed E-state index contributed by atoms with van der Waals surface area (Å²) >= 11 is 0. The monoisotopic (exact) mass is 769 g/mol. The van der Waals surface area contributed by atoms with Gasteiger partial charge in [0.1, 0.15) is 0 Å². The SMILES string of the molecule is c1ccc(-c2cc(-c3ccccc3)nc(-c3cccc(-c4cc(-c5ccccn5)nc(-c5ncccc5-c5cc(-c6ccccc6)nc(-c6ccccc6)n5)c4)c3)n2)cc1. The van der Waals surface area contributed by atoms with Crippen LogP contribution in [0, 0.1) is 0 Å². The van der Waals surface area contributed by atoms with E-state index in [0.29, 0.717) is 23.0 Å². The predicted octanol–water partition coefficient (Wildman–Crippen LogP) is 12.5. The lowest BCUT2D eigenvalue weighted by Crippen LogP contribution is -1.99. The van der Waals surface area contributed by atoms with E-state index in [4.69, 9.17) is 34.9 Å². The highest BCUT2D eigenvalue weighted by molar-refractivity contribution is 5.84. The van der Waals surface area contributed by atoms with Crippen molar-refractivity contribution in [3.8, 4) is 102 Å². The molecule has 0 saturated heterocycles. The van der Waals surface area contributed by atoms with Gasteiger partial charge < -0.3 is 0 Å². The van der Waals surface area contributed by atoms with E-state index in [2.05, 4.69) is 78.9 Å². The summed E-state index contributed by atoms with van der Waals surface area (Å²) in [6.45, 7) is 0. The molecule has 5 aromatic heterocycles. The second kappa shape index (κ2) is 16.3. The van der Waals surface area contributed by atoms with Crippen molar-refractivity contribution in [3.05, 3.63) is 213 Å². The van der Waals surface area contributed by atoms with Crippen LogP contribution >= 0.6 is 0 Å². The van der Waals surface area contributed by atoms with E-state index in [9.17, 15) is 0 Å². The molecule has 0 aliphatic carbocycles. The maximum absolute atomic E-state index is 5.22. The first-order valence-electron chi connectivity index (χ1n) is 19.7. The summed E-state index contributed by atoms with van der Waals surface area (Å²) in [6, 6.07) is 67.1. The van der Waals surface area contributed by atoms with Crippen molar-refractivity contribution >= 4 is 0 Å². The van der Waals surface area contributed by atoms with Crippen molar-refractivity contribution in [3.63, 3.8) is 0 Å². The maximum atomic E-state index is 5.22. The van der Waals surface area contributed by atoms with E-state index in [1.54, 1.807) is 12.4 Å². The Morgan fingerprint density at radius 2 is 0.717 bits per heavy atom.